The van der Waals surface area contributed by atoms with Gasteiger partial charge < -0.3 is 9.52 Å². The third-order valence-electron chi connectivity index (χ3n) is 2.01. The lowest BCUT2D eigenvalue weighted by Crippen LogP contribution is -1.99. The van der Waals surface area contributed by atoms with Crippen LogP contribution in [0.5, 0.6) is 0 Å². The summed E-state index contributed by atoms with van der Waals surface area (Å²) >= 11 is 4.97. The molecule has 0 bridgehead atoms. The highest BCUT2D eigenvalue weighted by atomic mass is 79.9. The monoisotopic (exact) mass is 272 g/mol. The van der Waals surface area contributed by atoms with E-state index in [0.29, 0.717) is 6.42 Å². The van der Waals surface area contributed by atoms with Crippen LogP contribution in [0.15, 0.2) is 38.2 Å². The molecule has 0 aliphatic carbocycles. The Bertz CT molecular complexity index is 394. The largest absolute Gasteiger partial charge is 0.472 e. The van der Waals surface area contributed by atoms with E-state index in [1.807, 2.05) is 16.8 Å². The minimum atomic E-state index is -0.465. The molecule has 0 amide bonds. The molecule has 0 saturated heterocycles. The zero-order chi connectivity index (χ0) is 9.97. The van der Waals surface area contributed by atoms with Crippen molar-refractivity contribution in [2.75, 3.05) is 0 Å². The second-order valence-electron chi connectivity index (χ2n) is 3.03. The van der Waals surface area contributed by atoms with Crippen molar-refractivity contribution in [1.82, 2.24) is 0 Å². The van der Waals surface area contributed by atoms with E-state index in [1.54, 1.807) is 23.9 Å². The van der Waals surface area contributed by atoms with Crippen molar-refractivity contribution in [2.45, 2.75) is 12.5 Å². The van der Waals surface area contributed by atoms with Gasteiger partial charge >= 0.3 is 0 Å². The Morgan fingerprint density at radius 3 is 2.93 bits per heavy atom. The Kier molecular flexibility index (Phi) is 3.05. The maximum Gasteiger partial charge on any atom is 0.0935 e. The lowest BCUT2D eigenvalue weighted by atomic mass is 10.1. The maximum atomic E-state index is 9.90. The fourth-order valence-corrected chi connectivity index (χ4v) is 2.88. The standard InChI is InChI=1S/C10H9BrO2S/c11-9-6-14-5-8(9)10(12)3-7-1-2-13-4-7/h1-2,4-6,10,12H,3H2. The van der Waals surface area contributed by atoms with Crippen LogP contribution in [-0.2, 0) is 6.42 Å². The van der Waals surface area contributed by atoms with Crippen molar-refractivity contribution >= 4 is 27.3 Å². The molecule has 2 rings (SSSR count). The average Bonchev–Trinajstić information content (AvgIpc) is 2.75. The molecule has 1 unspecified atom stereocenters. The fourth-order valence-electron chi connectivity index (χ4n) is 1.27. The summed E-state index contributed by atoms with van der Waals surface area (Å²) in [4.78, 5) is 0. The Labute approximate surface area is 94.3 Å². The topological polar surface area (TPSA) is 33.4 Å². The molecule has 0 aliphatic rings. The summed E-state index contributed by atoms with van der Waals surface area (Å²) in [6, 6.07) is 1.86. The molecule has 0 aromatic carbocycles. The second-order valence-corrected chi connectivity index (χ2v) is 4.62. The second kappa shape index (κ2) is 4.29. The highest BCUT2D eigenvalue weighted by Gasteiger charge is 2.13. The fraction of sp³-hybridized carbons (Fsp3) is 0.200. The van der Waals surface area contributed by atoms with Crippen LogP contribution in [0.4, 0.5) is 0 Å². The summed E-state index contributed by atoms with van der Waals surface area (Å²) in [6.45, 7) is 0. The molecule has 0 aliphatic heterocycles. The van der Waals surface area contributed by atoms with Gasteiger partial charge in [0, 0.05) is 21.8 Å². The van der Waals surface area contributed by atoms with E-state index in [-0.39, 0.29) is 0 Å². The van der Waals surface area contributed by atoms with Gasteiger partial charge in [0.05, 0.1) is 18.6 Å². The number of rotatable bonds is 3. The molecule has 14 heavy (non-hydrogen) atoms. The van der Waals surface area contributed by atoms with Crippen LogP contribution in [0.25, 0.3) is 0 Å². The molecule has 4 heteroatoms. The predicted octanol–water partition coefficient (Wildman–Crippen LogP) is 3.38. The smallest absolute Gasteiger partial charge is 0.0935 e. The first kappa shape index (κ1) is 9.96. The van der Waals surface area contributed by atoms with Crippen molar-refractivity contribution < 1.29 is 9.52 Å². The molecule has 0 saturated carbocycles. The number of hydrogen-bond acceptors (Lipinski definition) is 3. The zero-order valence-electron chi connectivity index (χ0n) is 7.31. The number of furan rings is 1. The van der Waals surface area contributed by atoms with Crippen LogP contribution < -0.4 is 0 Å². The highest BCUT2D eigenvalue weighted by molar-refractivity contribution is 9.10. The molecular formula is C10H9BrO2S. The summed E-state index contributed by atoms with van der Waals surface area (Å²) in [5.74, 6) is 0. The van der Waals surface area contributed by atoms with Crippen LogP contribution in [0.1, 0.15) is 17.2 Å². The van der Waals surface area contributed by atoms with E-state index in [0.717, 1.165) is 15.6 Å². The predicted molar refractivity (Wildman–Crippen MR) is 59.4 cm³/mol. The van der Waals surface area contributed by atoms with Crippen LogP contribution >= 0.6 is 27.3 Å². The van der Waals surface area contributed by atoms with E-state index in [1.165, 1.54) is 0 Å². The lowest BCUT2D eigenvalue weighted by Gasteiger charge is -2.07. The molecule has 2 heterocycles. The van der Waals surface area contributed by atoms with Crippen molar-refractivity contribution in [3.63, 3.8) is 0 Å². The minimum Gasteiger partial charge on any atom is -0.472 e. The van der Waals surface area contributed by atoms with Crippen molar-refractivity contribution in [3.05, 3.63) is 45.0 Å². The summed E-state index contributed by atoms with van der Waals surface area (Å²) in [7, 11) is 0. The Balaban J connectivity index is 2.10. The minimum absolute atomic E-state index is 0.465. The van der Waals surface area contributed by atoms with Gasteiger partial charge in [-0.25, -0.2) is 0 Å². The average molecular weight is 273 g/mol. The summed E-state index contributed by atoms with van der Waals surface area (Å²) in [5.41, 5.74) is 1.95. The number of aliphatic hydroxyl groups is 1. The van der Waals surface area contributed by atoms with E-state index in [9.17, 15) is 5.11 Å². The quantitative estimate of drug-likeness (QED) is 0.930. The highest BCUT2D eigenvalue weighted by Crippen LogP contribution is 2.29. The molecule has 74 valence electrons. The van der Waals surface area contributed by atoms with Gasteiger partial charge in [-0.3, -0.25) is 0 Å². The first-order valence-corrected chi connectivity index (χ1v) is 5.91. The molecular weight excluding hydrogens is 264 g/mol. The van der Waals surface area contributed by atoms with E-state index < -0.39 is 6.10 Å². The molecule has 2 aromatic heterocycles. The molecule has 2 nitrogen and oxygen atoms in total. The summed E-state index contributed by atoms with van der Waals surface area (Å²) < 4.78 is 5.91. The maximum absolute atomic E-state index is 9.90. The Morgan fingerprint density at radius 1 is 1.50 bits per heavy atom. The van der Waals surface area contributed by atoms with Gasteiger partial charge in [0.2, 0.25) is 0 Å². The number of thiophene rings is 1. The van der Waals surface area contributed by atoms with Crippen molar-refractivity contribution in [1.29, 1.82) is 0 Å². The van der Waals surface area contributed by atoms with E-state index in [2.05, 4.69) is 15.9 Å². The van der Waals surface area contributed by atoms with Gasteiger partial charge in [-0.2, -0.15) is 11.3 Å². The first-order valence-electron chi connectivity index (χ1n) is 4.18. The van der Waals surface area contributed by atoms with Crippen LogP contribution in [0.2, 0.25) is 0 Å². The van der Waals surface area contributed by atoms with Gasteiger partial charge in [0.1, 0.15) is 0 Å². The molecule has 0 spiro atoms. The van der Waals surface area contributed by atoms with Gasteiger partial charge in [-0.15, -0.1) is 0 Å². The van der Waals surface area contributed by atoms with Crippen LogP contribution in [0.3, 0.4) is 0 Å². The third kappa shape index (κ3) is 2.08. The lowest BCUT2D eigenvalue weighted by molar-refractivity contribution is 0.178. The molecule has 1 N–H and O–H groups in total. The van der Waals surface area contributed by atoms with Gasteiger partial charge in [-0.1, -0.05) is 0 Å². The van der Waals surface area contributed by atoms with E-state index in [4.69, 9.17) is 4.42 Å². The van der Waals surface area contributed by atoms with Crippen molar-refractivity contribution in [3.8, 4) is 0 Å². The normalized spacial score (nSPS) is 13.0. The van der Waals surface area contributed by atoms with E-state index >= 15 is 0 Å². The van der Waals surface area contributed by atoms with Gasteiger partial charge in [-0.05, 0) is 32.9 Å². The number of aliphatic hydroxyl groups excluding tert-OH is 1. The van der Waals surface area contributed by atoms with Gasteiger partial charge in [0.15, 0.2) is 0 Å². The Hall–Kier alpha value is -0.580. The molecule has 1 atom stereocenters. The SMILES string of the molecule is OC(Cc1ccoc1)c1cscc1Br. The van der Waals surface area contributed by atoms with Gasteiger partial charge in [0.25, 0.3) is 0 Å². The Morgan fingerprint density at radius 2 is 2.36 bits per heavy atom. The third-order valence-corrected chi connectivity index (χ3v) is 3.76. The zero-order valence-corrected chi connectivity index (χ0v) is 9.72. The molecule has 0 fully saturated rings. The van der Waals surface area contributed by atoms with Crippen molar-refractivity contribution in [2.24, 2.45) is 0 Å². The summed E-state index contributed by atoms with van der Waals surface area (Å²) in [6.07, 6.45) is 3.40. The summed E-state index contributed by atoms with van der Waals surface area (Å²) in [5, 5.41) is 13.8. The molecule has 0 radical (unpaired) electrons. The van der Waals surface area contributed by atoms with Crippen LogP contribution in [-0.4, -0.2) is 5.11 Å². The van der Waals surface area contributed by atoms with Crippen LogP contribution in [0, 0.1) is 0 Å². The molecule has 2 aromatic rings. The number of halogens is 1. The number of hydrogen-bond donors (Lipinski definition) is 1. The first-order chi connectivity index (χ1) is 6.77.